The molecule has 2 aromatic heterocycles. The number of hydrazine groups is 1. The highest BCUT2D eigenvalue weighted by atomic mass is 16.5. The summed E-state index contributed by atoms with van der Waals surface area (Å²) in [5, 5.41) is 19.7. The molecular formula is C51H65N9O8. The van der Waals surface area contributed by atoms with Crippen LogP contribution in [0.15, 0.2) is 54.9 Å². The molecule has 3 fully saturated rings. The van der Waals surface area contributed by atoms with Crippen LogP contribution in [0, 0.1) is 11.3 Å². The number of carbonyl (C=O) groups is 6. The minimum absolute atomic E-state index is 0.0221. The molecule has 5 amide bonds. The number of ether oxygens (including phenoxy) is 1. The van der Waals surface area contributed by atoms with Crippen molar-refractivity contribution in [2.75, 3.05) is 46.9 Å². The summed E-state index contributed by atoms with van der Waals surface area (Å²) in [6.07, 6.45) is 6.01. The number of cyclic esters (lactones) is 1. The van der Waals surface area contributed by atoms with Crippen molar-refractivity contribution in [3.8, 4) is 28.1 Å². The van der Waals surface area contributed by atoms with Crippen LogP contribution in [0.2, 0.25) is 0 Å². The van der Waals surface area contributed by atoms with Gasteiger partial charge in [-0.15, -0.1) is 0 Å². The van der Waals surface area contributed by atoms with Gasteiger partial charge in [0.05, 0.1) is 25.4 Å². The zero-order valence-electron chi connectivity index (χ0n) is 40.4. The van der Waals surface area contributed by atoms with Crippen molar-refractivity contribution in [2.45, 2.75) is 110 Å². The maximum Gasteiger partial charge on any atom is 0.324 e. The van der Waals surface area contributed by atoms with Crippen LogP contribution in [-0.2, 0) is 59.3 Å². The van der Waals surface area contributed by atoms with Crippen LogP contribution in [0.4, 0.5) is 0 Å². The van der Waals surface area contributed by atoms with Crippen molar-refractivity contribution in [3.63, 3.8) is 0 Å². The number of nitrogens with zero attached hydrogens (tertiary/aromatic N) is 6. The molecule has 4 aromatic rings. The number of likely N-dealkylation sites (tertiary alicyclic amines) is 1. The van der Waals surface area contributed by atoms with E-state index in [0.717, 1.165) is 39.7 Å². The molecular weight excluding hydrogens is 867 g/mol. The lowest BCUT2D eigenvalue weighted by molar-refractivity contribution is -0.155. The van der Waals surface area contributed by atoms with Gasteiger partial charge in [0, 0.05) is 80.5 Å². The van der Waals surface area contributed by atoms with Gasteiger partial charge in [-0.2, -0.15) is 0 Å². The van der Waals surface area contributed by atoms with Crippen LogP contribution in [0.5, 0.6) is 5.75 Å². The summed E-state index contributed by atoms with van der Waals surface area (Å²) in [6.45, 7) is 13.0. The lowest BCUT2D eigenvalue weighted by atomic mass is 9.84. The van der Waals surface area contributed by atoms with Crippen molar-refractivity contribution in [3.05, 3.63) is 71.5 Å². The number of phenols is 1. The zero-order valence-corrected chi connectivity index (χ0v) is 40.4. The third kappa shape index (κ3) is 9.81. The van der Waals surface area contributed by atoms with Gasteiger partial charge in [-0.05, 0) is 96.7 Å². The van der Waals surface area contributed by atoms with Gasteiger partial charge in [0.2, 0.25) is 23.6 Å². The van der Waals surface area contributed by atoms with Crippen LogP contribution in [0.3, 0.4) is 0 Å². The number of carbonyl (C=O) groups excluding carboxylic acids is 6. The van der Waals surface area contributed by atoms with Gasteiger partial charge in [0.1, 0.15) is 29.9 Å². The number of fused-ring (bicyclic) bond motifs is 7. The zero-order chi connectivity index (χ0) is 48.8. The second-order valence-corrected chi connectivity index (χ2v) is 20.0. The van der Waals surface area contributed by atoms with Gasteiger partial charge in [0.25, 0.3) is 5.91 Å². The van der Waals surface area contributed by atoms with E-state index < -0.39 is 59.1 Å². The first-order valence-electron chi connectivity index (χ1n) is 23.9. The van der Waals surface area contributed by atoms with Crippen molar-refractivity contribution in [1.82, 2.24) is 45.3 Å². The quantitative estimate of drug-likeness (QED) is 0.127. The van der Waals surface area contributed by atoms with Crippen molar-refractivity contribution < 1.29 is 38.6 Å². The number of aromatic hydroxyl groups is 1. The Morgan fingerprint density at radius 3 is 2.50 bits per heavy atom. The van der Waals surface area contributed by atoms with E-state index >= 15 is 0 Å². The van der Waals surface area contributed by atoms with E-state index in [9.17, 15) is 33.9 Å². The molecule has 0 aliphatic carbocycles. The fourth-order valence-electron chi connectivity index (χ4n) is 10.2. The van der Waals surface area contributed by atoms with E-state index in [0.29, 0.717) is 43.5 Å². The average molecular weight is 932 g/mol. The number of hydrogen-bond donors (Lipinski definition) is 4. The van der Waals surface area contributed by atoms with Crippen LogP contribution >= 0.6 is 0 Å². The molecule has 5 atom stereocenters. The minimum atomic E-state index is -1.20. The van der Waals surface area contributed by atoms with Crippen molar-refractivity contribution in [2.24, 2.45) is 11.3 Å². The third-order valence-corrected chi connectivity index (χ3v) is 13.9. The fraction of sp³-hybridized carbons (Fsp3) is 0.510. The number of amides is 5. The summed E-state index contributed by atoms with van der Waals surface area (Å²) in [5.74, 6) is -3.07. The normalized spacial score (nSPS) is 21.8. The highest BCUT2D eigenvalue weighted by Crippen LogP contribution is 2.41. The average Bonchev–Trinajstić information content (AvgIpc) is 3.93. The Morgan fingerprint density at radius 2 is 1.79 bits per heavy atom. The van der Waals surface area contributed by atoms with E-state index in [2.05, 4.69) is 71.5 Å². The molecule has 0 spiro atoms. The van der Waals surface area contributed by atoms with E-state index in [1.807, 2.05) is 24.5 Å². The Morgan fingerprint density at radius 1 is 1.01 bits per heavy atom. The summed E-state index contributed by atoms with van der Waals surface area (Å²) < 4.78 is 8.40. The van der Waals surface area contributed by atoms with Gasteiger partial charge in [-0.1, -0.05) is 46.8 Å². The van der Waals surface area contributed by atoms with Gasteiger partial charge < -0.3 is 34.4 Å². The lowest BCUT2D eigenvalue weighted by Gasteiger charge is -2.37. The highest BCUT2D eigenvalue weighted by molar-refractivity contribution is 5.97. The number of likely N-dealkylation sites (N-methyl/N-ethyl adjacent to an activating group) is 2. The Kier molecular flexibility index (Phi) is 13.7. The Balaban J connectivity index is 1.13. The second kappa shape index (κ2) is 19.3. The number of aromatic nitrogens is 2. The largest absolute Gasteiger partial charge is 0.508 e. The molecule has 6 heterocycles. The molecule has 4 aliphatic rings. The SMILES string of the molecule is CCc1ccncc1-c1c2c3cc(ccc3n1CC)-c1cc(O)cc(c1)C[C@H](NC(=O)[C@H](C(C)C)N(C)C(=O)CN(C)C(=O)CN1C[C@H]3N[C@H]3C1=O)C(=O)N1CCC[C@H](N1)C(=O)OCC(C)(C)C2. The highest BCUT2D eigenvalue weighted by Gasteiger charge is 2.52. The number of piperazine rings is 1. The molecule has 0 unspecified atom stereocenters. The molecule has 8 rings (SSSR count). The molecule has 0 radical (unpaired) electrons. The number of pyridine rings is 1. The van der Waals surface area contributed by atoms with Crippen LogP contribution in [0.1, 0.15) is 71.1 Å². The molecule has 4 aliphatic heterocycles. The van der Waals surface area contributed by atoms with E-state index in [1.165, 1.54) is 39.4 Å². The third-order valence-electron chi connectivity index (χ3n) is 13.9. The molecule has 6 bridgehead atoms. The van der Waals surface area contributed by atoms with Crippen molar-refractivity contribution >= 4 is 46.4 Å². The molecule has 17 nitrogen and oxygen atoms in total. The number of nitrogens with one attached hydrogen (secondary N) is 3. The summed E-state index contributed by atoms with van der Waals surface area (Å²) in [7, 11) is 2.97. The standard InChI is InChI=1S/C51H65N9O8/c1-9-31-15-16-52-24-37(31)46-36-23-51(5,6)28-68-50(67)38-12-11-17-60(55-38)48(65)39(20-30-18-33(21-34(61)19-30)32-13-14-41(35(36)22-32)59(46)10-2)54-47(64)45(29(3)4)57(8)43(63)26-56(7)42(62)27-58-25-40-44(53-40)49(58)66/h13-16,18-19,21-22,24,29,38-40,44-45,53,55,61H,9-12,17,20,23,25-28H2,1-8H3,(H,54,64)/t38-,39-,40+,44+,45-/m0/s1. The first-order chi connectivity index (χ1) is 32.4. The lowest BCUT2D eigenvalue weighted by Crippen LogP contribution is -2.62. The second-order valence-electron chi connectivity index (χ2n) is 20.0. The van der Waals surface area contributed by atoms with E-state index in [4.69, 9.17) is 4.74 Å². The molecule has 68 heavy (non-hydrogen) atoms. The molecule has 3 saturated heterocycles. The van der Waals surface area contributed by atoms with Gasteiger partial charge in [0.15, 0.2) is 0 Å². The van der Waals surface area contributed by atoms with Crippen molar-refractivity contribution in [1.29, 1.82) is 0 Å². The molecule has 4 N–H and O–H groups in total. The predicted octanol–water partition coefficient (Wildman–Crippen LogP) is 3.43. The first-order valence-corrected chi connectivity index (χ1v) is 23.9. The summed E-state index contributed by atoms with van der Waals surface area (Å²) in [6, 6.07) is 10.2. The van der Waals surface area contributed by atoms with Gasteiger partial charge in [-0.3, -0.25) is 44.1 Å². The molecule has 17 heteroatoms. The summed E-state index contributed by atoms with van der Waals surface area (Å²) in [5.41, 5.74) is 10.1. The smallest absolute Gasteiger partial charge is 0.324 e. The van der Waals surface area contributed by atoms with Crippen LogP contribution in [0.25, 0.3) is 33.3 Å². The monoisotopic (exact) mass is 931 g/mol. The van der Waals surface area contributed by atoms with Gasteiger partial charge in [-0.25, -0.2) is 5.43 Å². The molecule has 0 saturated carbocycles. The topological polar surface area (TPSA) is 209 Å². The Labute approximate surface area is 397 Å². The number of benzene rings is 2. The Hall–Kier alpha value is -6.33. The summed E-state index contributed by atoms with van der Waals surface area (Å²) >= 11 is 0. The van der Waals surface area contributed by atoms with E-state index in [-0.39, 0.29) is 56.4 Å². The van der Waals surface area contributed by atoms with Crippen LogP contribution in [-0.4, -0.2) is 147 Å². The maximum atomic E-state index is 14.7. The number of esters is 1. The molecule has 362 valence electrons. The Bertz CT molecular complexity index is 2640. The van der Waals surface area contributed by atoms with Crippen LogP contribution < -0.4 is 16.1 Å². The van der Waals surface area contributed by atoms with E-state index in [1.54, 1.807) is 26.0 Å². The number of phenolic OH excluding ortho intramolecular Hbond substituents is 1. The minimum Gasteiger partial charge on any atom is -0.508 e. The first kappa shape index (κ1) is 48.1. The van der Waals surface area contributed by atoms with Gasteiger partial charge >= 0.3 is 5.97 Å². The predicted molar refractivity (Wildman–Crippen MR) is 256 cm³/mol. The fourth-order valence-corrected chi connectivity index (χ4v) is 10.2. The number of hydrogen-bond acceptors (Lipinski definition) is 11. The molecule has 2 aromatic carbocycles. The number of aryl methyl sites for hydroxylation is 2. The number of rotatable bonds is 11. The maximum absolute atomic E-state index is 14.7. The summed E-state index contributed by atoms with van der Waals surface area (Å²) in [4.78, 5) is 91.1.